The number of carbonyl (C=O) groups excluding carboxylic acids is 1. The predicted molar refractivity (Wildman–Crippen MR) is 128 cm³/mol. The van der Waals surface area contributed by atoms with Crippen molar-refractivity contribution < 1.29 is 4.79 Å². The molecule has 0 aliphatic rings. The zero-order chi connectivity index (χ0) is 20.6. The van der Waals surface area contributed by atoms with Crippen molar-refractivity contribution in [2.24, 2.45) is 0 Å². The van der Waals surface area contributed by atoms with Crippen molar-refractivity contribution in [3.05, 3.63) is 83.9 Å². The molecule has 0 aliphatic carbocycles. The molecule has 0 heterocycles. The van der Waals surface area contributed by atoms with Crippen molar-refractivity contribution in [1.29, 1.82) is 0 Å². The van der Waals surface area contributed by atoms with Crippen LogP contribution in [0.15, 0.2) is 83.8 Å². The molecule has 29 heavy (non-hydrogen) atoms. The Bertz CT molecular complexity index is 981. The lowest BCUT2D eigenvalue weighted by Crippen LogP contribution is -2.22. The van der Waals surface area contributed by atoms with E-state index in [1.54, 1.807) is 18.2 Å². The van der Waals surface area contributed by atoms with Gasteiger partial charge < -0.3 is 16.0 Å². The molecule has 1 atom stereocenters. The van der Waals surface area contributed by atoms with Crippen molar-refractivity contribution in [3.8, 4) is 0 Å². The third-order valence-corrected chi connectivity index (χ3v) is 5.47. The number of para-hydroxylation sites is 1. The Labute approximate surface area is 185 Å². The van der Waals surface area contributed by atoms with Crippen molar-refractivity contribution in [2.45, 2.75) is 17.1 Å². The van der Waals surface area contributed by atoms with E-state index in [1.807, 2.05) is 67.6 Å². The Morgan fingerprint density at radius 3 is 2.14 bits per heavy atom. The highest BCUT2D eigenvalue weighted by atomic mass is 35.5. The minimum absolute atomic E-state index is 0.0762. The van der Waals surface area contributed by atoms with Gasteiger partial charge in [-0.1, -0.05) is 35.9 Å². The SMILES string of the molecule is CC(Sc1ccc(NC(=S)Nc2ccccc2)cc1)C(=O)Nc1cccc(Cl)c1. The van der Waals surface area contributed by atoms with Crippen molar-refractivity contribution in [1.82, 2.24) is 0 Å². The van der Waals surface area contributed by atoms with E-state index < -0.39 is 0 Å². The van der Waals surface area contributed by atoms with Crippen LogP contribution < -0.4 is 16.0 Å². The van der Waals surface area contributed by atoms with Gasteiger partial charge in [0.05, 0.1) is 5.25 Å². The summed E-state index contributed by atoms with van der Waals surface area (Å²) in [5.74, 6) is -0.0762. The van der Waals surface area contributed by atoms with Crippen molar-refractivity contribution >= 4 is 63.7 Å². The molecule has 0 spiro atoms. The standard InChI is InChI=1S/C22H20ClN3OS2/c1-15(21(27)24-19-9-5-6-16(23)14-19)29-20-12-10-18(11-13-20)26-22(28)25-17-7-3-2-4-8-17/h2-15H,1H3,(H,24,27)(H2,25,26,28). The van der Waals surface area contributed by atoms with Gasteiger partial charge >= 0.3 is 0 Å². The van der Waals surface area contributed by atoms with Crippen LogP contribution in [0.4, 0.5) is 17.1 Å². The summed E-state index contributed by atoms with van der Waals surface area (Å²) in [5, 5.41) is 10.0. The highest BCUT2D eigenvalue weighted by Crippen LogP contribution is 2.26. The molecule has 3 aromatic rings. The molecular formula is C22H20ClN3OS2. The summed E-state index contributed by atoms with van der Waals surface area (Å²) in [5.41, 5.74) is 2.49. The average Bonchev–Trinajstić information content (AvgIpc) is 2.70. The Morgan fingerprint density at radius 2 is 1.48 bits per heavy atom. The molecule has 3 aromatic carbocycles. The Balaban J connectivity index is 1.51. The summed E-state index contributed by atoms with van der Waals surface area (Å²) in [6.45, 7) is 1.87. The van der Waals surface area contributed by atoms with Gasteiger partial charge in [0.25, 0.3) is 0 Å². The summed E-state index contributed by atoms with van der Waals surface area (Å²) >= 11 is 12.8. The second kappa shape index (κ2) is 10.3. The van der Waals surface area contributed by atoms with E-state index in [-0.39, 0.29) is 11.2 Å². The zero-order valence-corrected chi connectivity index (χ0v) is 18.1. The Hall–Kier alpha value is -2.54. The molecule has 3 rings (SSSR count). The smallest absolute Gasteiger partial charge is 0.237 e. The number of rotatable bonds is 6. The number of nitrogens with one attached hydrogen (secondary N) is 3. The fourth-order valence-corrected chi connectivity index (χ4v) is 3.79. The summed E-state index contributed by atoms with van der Waals surface area (Å²) in [6, 6.07) is 24.6. The number of hydrogen-bond donors (Lipinski definition) is 3. The molecule has 1 amide bonds. The third-order valence-electron chi connectivity index (χ3n) is 3.92. The van der Waals surface area contributed by atoms with E-state index >= 15 is 0 Å². The highest BCUT2D eigenvalue weighted by molar-refractivity contribution is 8.00. The molecule has 0 radical (unpaired) electrons. The van der Waals surface area contributed by atoms with Crippen molar-refractivity contribution in [2.75, 3.05) is 16.0 Å². The lowest BCUT2D eigenvalue weighted by molar-refractivity contribution is -0.115. The molecule has 0 aliphatic heterocycles. The molecule has 0 saturated heterocycles. The summed E-state index contributed by atoms with van der Waals surface area (Å²) in [4.78, 5) is 13.4. The van der Waals surface area contributed by atoms with Crippen LogP contribution in [-0.2, 0) is 4.79 Å². The van der Waals surface area contributed by atoms with Crippen LogP contribution in [0, 0.1) is 0 Å². The number of halogens is 1. The van der Waals surface area contributed by atoms with Gasteiger partial charge in [0, 0.05) is 27.0 Å². The monoisotopic (exact) mass is 441 g/mol. The number of carbonyl (C=O) groups is 1. The van der Waals surface area contributed by atoms with E-state index in [4.69, 9.17) is 23.8 Å². The first-order chi connectivity index (χ1) is 14.0. The molecule has 0 saturated carbocycles. The second-order valence-corrected chi connectivity index (χ2v) is 8.49. The molecule has 4 nitrogen and oxygen atoms in total. The molecule has 1 unspecified atom stereocenters. The number of anilines is 3. The van der Waals surface area contributed by atoms with E-state index in [0.717, 1.165) is 16.3 Å². The largest absolute Gasteiger partial charge is 0.332 e. The summed E-state index contributed by atoms with van der Waals surface area (Å²) < 4.78 is 0. The third kappa shape index (κ3) is 6.78. The number of hydrogen-bond acceptors (Lipinski definition) is 3. The van der Waals surface area contributed by atoms with Gasteiger partial charge in [0.15, 0.2) is 5.11 Å². The van der Waals surface area contributed by atoms with E-state index in [0.29, 0.717) is 15.8 Å². The molecular weight excluding hydrogens is 422 g/mol. The fourth-order valence-electron chi connectivity index (χ4n) is 2.50. The van der Waals surface area contributed by atoms with E-state index in [1.165, 1.54) is 11.8 Å². The highest BCUT2D eigenvalue weighted by Gasteiger charge is 2.14. The van der Waals surface area contributed by atoms with Gasteiger partial charge in [-0.15, -0.1) is 11.8 Å². The molecule has 0 fully saturated rings. The average molecular weight is 442 g/mol. The quantitative estimate of drug-likeness (QED) is 0.311. The van der Waals surface area contributed by atoms with Crippen LogP contribution in [0.2, 0.25) is 5.02 Å². The molecule has 0 aromatic heterocycles. The first-order valence-corrected chi connectivity index (χ1v) is 10.6. The van der Waals surface area contributed by atoms with Gasteiger partial charge in [0.1, 0.15) is 0 Å². The number of benzene rings is 3. The van der Waals surface area contributed by atoms with Crippen LogP contribution in [-0.4, -0.2) is 16.3 Å². The minimum Gasteiger partial charge on any atom is -0.332 e. The fraction of sp³-hybridized carbons (Fsp3) is 0.0909. The first-order valence-electron chi connectivity index (χ1n) is 8.96. The Kier molecular flexibility index (Phi) is 7.52. The second-order valence-electron chi connectivity index (χ2n) is 6.23. The van der Waals surface area contributed by atoms with Gasteiger partial charge in [0.2, 0.25) is 5.91 Å². The topological polar surface area (TPSA) is 53.2 Å². The molecule has 7 heteroatoms. The van der Waals surface area contributed by atoms with E-state index in [2.05, 4.69) is 16.0 Å². The predicted octanol–water partition coefficient (Wildman–Crippen LogP) is 6.27. The maximum absolute atomic E-state index is 12.4. The maximum atomic E-state index is 12.4. The number of thioether (sulfide) groups is 1. The van der Waals surface area contributed by atoms with Crippen molar-refractivity contribution in [3.63, 3.8) is 0 Å². The number of thiocarbonyl (C=S) groups is 1. The van der Waals surface area contributed by atoms with Gasteiger partial charge in [-0.25, -0.2) is 0 Å². The van der Waals surface area contributed by atoms with E-state index in [9.17, 15) is 4.79 Å². The Morgan fingerprint density at radius 1 is 0.862 bits per heavy atom. The normalized spacial score (nSPS) is 11.4. The molecule has 148 valence electrons. The lowest BCUT2D eigenvalue weighted by Gasteiger charge is -2.13. The minimum atomic E-state index is -0.256. The summed E-state index contributed by atoms with van der Waals surface area (Å²) in [7, 11) is 0. The van der Waals surface area contributed by atoms with Gasteiger partial charge in [-0.2, -0.15) is 0 Å². The number of amides is 1. The van der Waals surface area contributed by atoms with Gasteiger partial charge in [-0.05, 0) is 73.7 Å². The lowest BCUT2D eigenvalue weighted by atomic mass is 10.3. The zero-order valence-electron chi connectivity index (χ0n) is 15.7. The molecule has 0 bridgehead atoms. The van der Waals surface area contributed by atoms with Crippen LogP contribution in [0.1, 0.15) is 6.92 Å². The van der Waals surface area contributed by atoms with Crippen LogP contribution in [0.3, 0.4) is 0 Å². The van der Waals surface area contributed by atoms with Crippen LogP contribution >= 0.6 is 35.6 Å². The van der Waals surface area contributed by atoms with Gasteiger partial charge in [-0.3, -0.25) is 4.79 Å². The maximum Gasteiger partial charge on any atom is 0.237 e. The summed E-state index contributed by atoms with van der Waals surface area (Å²) in [6.07, 6.45) is 0. The van der Waals surface area contributed by atoms with Crippen LogP contribution in [0.5, 0.6) is 0 Å². The first kappa shape index (κ1) is 21.2. The molecule has 3 N–H and O–H groups in total. The van der Waals surface area contributed by atoms with Crippen LogP contribution in [0.25, 0.3) is 0 Å².